The first-order valence-electron chi connectivity index (χ1n) is 6.21. The number of hydrogen-bond donors (Lipinski definition) is 1. The van der Waals surface area contributed by atoms with Gasteiger partial charge in [0.1, 0.15) is 5.75 Å². The molecule has 0 aliphatic carbocycles. The molecule has 0 radical (unpaired) electrons. The first kappa shape index (κ1) is 15.2. The van der Waals surface area contributed by atoms with Gasteiger partial charge < -0.3 is 9.84 Å². The van der Waals surface area contributed by atoms with Gasteiger partial charge in [0.2, 0.25) is 0 Å². The molecule has 2 aromatic rings. The maximum atomic E-state index is 11.8. The minimum Gasteiger partial charge on any atom is -0.508 e. The summed E-state index contributed by atoms with van der Waals surface area (Å²) in [5.41, 5.74) is 0.288. The number of nitrogens with zero attached hydrogens (tertiary/aromatic N) is 1. The number of benzene rings is 2. The van der Waals surface area contributed by atoms with E-state index in [1.807, 2.05) is 0 Å². The van der Waals surface area contributed by atoms with Crippen LogP contribution in [0.5, 0.6) is 5.75 Å². The van der Waals surface area contributed by atoms with Crippen molar-refractivity contribution in [2.24, 2.45) is 0 Å². The molecule has 2 rings (SSSR count). The van der Waals surface area contributed by atoms with Gasteiger partial charge in [-0.1, -0.05) is 0 Å². The third-order valence-corrected chi connectivity index (χ3v) is 2.84. The van der Waals surface area contributed by atoms with Crippen molar-refractivity contribution in [3.05, 3.63) is 69.8 Å². The lowest BCUT2D eigenvalue weighted by molar-refractivity contribution is -0.384. The van der Waals surface area contributed by atoms with E-state index in [0.29, 0.717) is 0 Å². The fourth-order valence-electron chi connectivity index (χ4n) is 1.66. The molecule has 2 aromatic carbocycles. The molecular weight excluding hydrogens is 290 g/mol. The zero-order valence-electron chi connectivity index (χ0n) is 11.3. The van der Waals surface area contributed by atoms with Crippen LogP contribution in [0.2, 0.25) is 0 Å². The number of nitro benzene ring substituents is 1. The van der Waals surface area contributed by atoms with E-state index in [9.17, 15) is 19.7 Å². The monoisotopic (exact) mass is 301 g/mol. The molecule has 112 valence electrons. The number of nitro groups is 1. The lowest BCUT2D eigenvalue weighted by Crippen LogP contribution is -2.14. The number of esters is 1. The standard InChI is InChI=1S/C15H11NO6/c17-13-7-3-11(4-8-13)15(19)22-9-14(18)10-1-5-12(6-2-10)16(20)21/h1-8,17H,9H2. The minimum atomic E-state index is -0.699. The highest BCUT2D eigenvalue weighted by Gasteiger charge is 2.13. The molecule has 0 saturated heterocycles. The van der Waals surface area contributed by atoms with Crippen molar-refractivity contribution < 1.29 is 24.4 Å². The van der Waals surface area contributed by atoms with Crippen LogP contribution in [0, 0.1) is 10.1 Å². The van der Waals surface area contributed by atoms with Crippen molar-refractivity contribution in [1.29, 1.82) is 0 Å². The minimum absolute atomic E-state index is 0.0125. The van der Waals surface area contributed by atoms with E-state index < -0.39 is 23.3 Å². The number of non-ortho nitro benzene ring substituents is 1. The molecule has 0 heterocycles. The molecule has 0 fully saturated rings. The average molecular weight is 301 g/mol. The Balaban J connectivity index is 1.96. The zero-order chi connectivity index (χ0) is 16.1. The number of carbonyl (C=O) groups is 2. The van der Waals surface area contributed by atoms with Crippen molar-refractivity contribution in [2.75, 3.05) is 6.61 Å². The summed E-state index contributed by atoms with van der Waals surface area (Å²) in [6.07, 6.45) is 0. The quantitative estimate of drug-likeness (QED) is 0.393. The Morgan fingerprint density at radius 3 is 2.09 bits per heavy atom. The highest BCUT2D eigenvalue weighted by atomic mass is 16.6. The summed E-state index contributed by atoms with van der Waals surface area (Å²) < 4.78 is 4.86. The Kier molecular flexibility index (Phi) is 4.47. The van der Waals surface area contributed by atoms with Crippen LogP contribution < -0.4 is 0 Å². The Hall–Kier alpha value is -3.22. The van der Waals surface area contributed by atoms with E-state index in [1.54, 1.807) is 0 Å². The van der Waals surface area contributed by atoms with Gasteiger partial charge in [0.15, 0.2) is 12.4 Å². The second-order valence-electron chi connectivity index (χ2n) is 4.35. The summed E-state index contributed by atoms with van der Waals surface area (Å²) in [6.45, 7) is -0.475. The van der Waals surface area contributed by atoms with Gasteiger partial charge in [-0.15, -0.1) is 0 Å². The fraction of sp³-hybridized carbons (Fsp3) is 0.0667. The normalized spacial score (nSPS) is 10.0. The molecule has 0 aliphatic rings. The van der Waals surface area contributed by atoms with Gasteiger partial charge in [-0.3, -0.25) is 14.9 Å². The largest absolute Gasteiger partial charge is 0.508 e. The molecule has 0 unspecified atom stereocenters. The van der Waals surface area contributed by atoms with Crippen LogP contribution >= 0.6 is 0 Å². The third-order valence-electron chi connectivity index (χ3n) is 2.84. The molecule has 7 nitrogen and oxygen atoms in total. The molecule has 0 aliphatic heterocycles. The molecule has 22 heavy (non-hydrogen) atoms. The van der Waals surface area contributed by atoms with Crippen LogP contribution in [-0.4, -0.2) is 28.4 Å². The molecule has 7 heteroatoms. The smallest absolute Gasteiger partial charge is 0.338 e. The van der Waals surface area contributed by atoms with Crippen molar-refractivity contribution >= 4 is 17.4 Å². The Morgan fingerprint density at radius 1 is 1.00 bits per heavy atom. The molecule has 0 atom stereocenters. The van der Waals surface area contributed by atoms with Gasteiger partial charge in [0.05, 0.1) is 10.5 Å². The predicted octanol–water partition coefficient (Wildman–Crippen LogP) is 2.34. The lowest BCUT2D eigenvalue weighted by Gasteiger charge is -2.04. The van der Waals surface area contributed by atoms with E-state index in [0.717, 1.165) is 0 Å². The van der Waals surface area contributed by atoms with Crippen LogP contribution in [0.1, 0.15) is 20.7 Å². The van der Waals surface area contributed by atoms with Crippen LogP contribution in [-0.2, 0) is 4.74 Å². The Labute approximate surface area is 124 Å². The fourth-order valence-corrected chi connectivity index (χ4v) is 1.66. The highest BCUT2D eigenvalue weighted by molar-refractivity contribution is 5.99. The highest BCUT2D eigenvalue weighted by Crippen LogP contribution is 2.13. The number of aromatic hydroxyl groups is 1. The summed E-state index contributed by atoms with van der Waals surface area (Å²) in [5.74, 6) is -1.16. The van der Waals surface area contributed by atoms with Crippen molar-refractivity contribution in [2.45, 2.75) is 0 Å². The van der Waals surface area contributed by atoms with E-state index in [2.05, 4.69) is 0 Å². The molecule has 0 saturated carbocycles. The van der Waals surface area contributed by atoms with Gasteiger partial charge >= 0.3 is 5.97 Å². The Morgan fingerprint density at radius 2 is 1.55 bits per heavy atom. The van der Waals surface area contributed by atoms with Gasteiger partial charge in [-0.2, -0.15) is 0 Å². The summed E-state index contributed by atoms with van der Waals surface area (Å²) in [4.78, 5) is 33.5. The second-order valence-corrected chi connectivity index (χ2v) is 4.35. The number of Topliss-reactive ketones (excluding diaryl/α,β-unsaturated/α-hetero) is 1. The number of phenolic OH excluding ortho intramolecular Hbond substituents is 1. The van der Waals surface area contributed by atoms with Crippen LogP contribution in [0.15, 0.2) is 48.5 Å². The second kappa shape index (κ2) is 6.49. The van der Waals surface area contributed by atoms with Crippen molar-refractivity contribution in [3.8, 4) is 5.75 Å². The summed E-state index contributed by atoms with van der Waals surface area (Å²) in [6, 6.07) is 10.4. The number of ketones is 1. The van der Waals surface area contributed by atoms with Crippen LogP contribution in [0.4, 0.5) is 5.69 Å². The average Bonchev–Trinajstić information content (AvgIpc) is 2.53. The van der Waals surface area contributed by atoms with Gasteiger partial charge in [-0.25, -0.2) is 4.79 Å². The van der Waals surface area contributed by atoms with Gasteiger partial charge in [0, 0.05) is 17.7 Å². The summed E-state index contributed by atoms with van der Waals surface area (Å²) >= 11 is 0. The SMILES string of the molecule is O=C(COC(=O)c1ccc(O)cc1)c1ccc([N+](=O)[O-])cc1. The third kappa shape index (κ3) is 3.66. The number of hydrogen-bond acceptors (Lipinski definition) is 6. The van der Waals surface area contributed by atoms with Crippen LogP contribution in [0.25, 0.3) is 0 Å². The number of rotatable bonds is 5. The van der Waals surface area contributed by atoms with E-state index in [-0.39, 0.29) is 22.6 Å². The van der Waals surface area contributed by atoms with Crippen molar-refractivity contribution in [3.63, 3.8) is 0 Å². The van der Waals surface area contributed by atoms with Crippen molar-refractivity contribution in [1.82, 2.24) is 0 Å². The first-order chi connectivity index (χ1) is 10.5. The number of ether oxygens (including phenoxy) is 1. The van der Waals surface area contributed by atoms with E-state index >= 15 is 0 Å². The summed E-state index contributed by atoms with van der Waals surface area (Å²) in [7, 11) is 0. The van der Waals surface area contributed by atoms with Gasteiger partial charge in [-0.05, 0) is 36.4 Å². The molecule has 0 amide bonds. The topological polar surface area (TPSA) is 107 Å². The van der Waals surface area contributed by atoms with Crippen LogP contribution in [0.3, 0.4) is 0 Å². The molecule has 0 bridgehead atoms. The Bertz CT molecular complexity index is 706. The van der Waals surface area contributed by atoms with E-state index in [1.165, 1.54) is 48.5 Å². The maximum absolute atomic E-state index is 11.8. The summed E-state index contributed by atoms with van der Waals surface area (Å²) in [5, 5.41) is 19.6. The number of carbonyl (C=O) groups excluding carboxylic acids is 2. The molecular formula is C15H11NO6. The number of phenols is 1. The zero-order valence-corrected chi connectivity index (χ0v) is 11.3. The molecule has 0 aromatic heterocycles. The van der Waals surface area contributed by atoms with E-state index in [4.69, 9.17) is 9.84 Å². The predicted molar refractivity (Wildman–Crippen MR) is 75.8 cm³/mol. The molecule has 0 spiro atoms. The lowest BCUT2D eigenvalue weighted by atomic mass is 10.1. The first-order valence-corrected chi connectivity index (χ1v) is 6.21. The van der Waals surface area contributed by atoms with Gasteiger partial charge in [0.25, 0.3) is 5.69 Å². The molecule has 1 N–H and O–H groups in total. The maximum Gasteiger partial charge on any atom is 0.338 e.